The van der Waals surface area contributed by atoms with Crippen molar-refractivity contribution in [2.45, 2.75) is 13.1 Å². The second-order valence-electron chi connectivity index (χ2n) is 3.25. The first-order valence-electron chi connectivity index (χ1n) is 4.46. The first kappa shape index (κ1) is 12.3. The zero-order valence-electron chi connectivity index (χ0n) is 8.51. The van der Waals surface area contributed by atoms with Crippen LogP contribution in [-0.4, -0.2) is 5.91 Å². The maximum Gasteiger partial charge on any atom is 0.416 e. The lowest BCUT2D eigenvalue weighted by Gasteiger charge is -2.11. The molecule has 0 aliphatic rings. The van der Waals surface area contributed by atoms with Crippen molar-refractivity contribution in [2.24, 2.45) is 5.73 Å². The van der Waals surface area contributed by atoms with Crippen LogP contribution in [0.1, 0.15) is 16.7 Å². The molecule has 86 valence electrons. The van der Waals surface area contributed by atoms with Crippen molar-refractivity contribution in [3.8, 4) is 0 Å². The Morgan fingerprint density at radius 2 is 2.00 bits per heavy atom. The summed E-state index contributed by atoms with van der Waals surface area (Å²) in [5.41, 5.74) is 4.56. The van der Waals surface area contributed by atoms with Gasteiger partial charge in [0.2, 0.25) is 5.91 Å². The maximum absolute atomic E-state index is 12.5. The molecule has 0 heterocycles. The van der Waals surface area contributed by atoms with E-state index in [0.29, 0.717) is 5.56 Å². The average Bonchev–Trinajstić information content (AvgIpc) is 2.14. The van der Waals surface area contributed by atoms with Gasteiger partial charge in [0.05, 0.1) is 5.56 Å². The van der Waals surface area contributed by atoms with E-state index in [9.17, 15) is 18.0 Å². The van der Waals surface area contributed by atoms with Gasteiger partial charge in [0.25, 0.3) is 0 Å². The van der Waals surface area contributed by atoms with Crippen LogP contribution in [0.3, 0.4) is 0 Å². The van der Waals surface area contributed by atoms with E-state index in [-0.39, 0.29) is 5.56 Å². The fraction of sp³-hybridized carbons (Fsp3) is 0.182. The van der Waals surface area contributed by atoms with Gasteiger partial charge < -0.3 is 5.73 Å². The van der Waals surface area contributed by atoms with Crippen molar-refractivity contribution in [2.75, 3.05) is 0 Å². The molecule has 0 aliphatic carbocycles. The predicted molar refractivity (Wildman–Crippen MR) is 54.4 cm³/mol. The lowest BCUT2D eigenvalue weighted by atomic mass is 10.0. The quantitative estimate of drug-likeness (QED) is 0.778. The summed E-state index contributed by atoms with van der Waals surface area (Å²) in [6, 6.07) is 3.78. The second-order valence-corrected chi connectivity index (χ2v) is 3.25. The molecule has 0 saturated carbocycles. The molecule has 1 amide bonds. The molecule has 2 N–H and O–H groups in total. The molecule has 0 spiro atoms. The van der Waals surface area contributed by atoms with Crippen LogP contribution >= 0.6 is 0 Å². The minimum Gasteiger partial charge on any atom is -0.366 e. The predicted octanol–water partition coefficient (Wildman–Crippen LogP) is 2.51. The monoisotopic (exact) mass is 229 g/mol. The van der Waals surface area contributed by atoms with Crippen molar-refractivity contribution in [1.29, 1.82) is 0 Å². The van der Waals surface area contributed by atoms with E-state index >= 15 is 0 Å². The highest BCUT2D eigenvalue weighted by atomic mass is 19.4. The van der Waals surface area contributed by atoms with E-state index < -0.39 is 17.6 Å². The number of amides is 1. The highest BCUT2D eigenvalue weighted by Gasteiger charge is 2.32. The topological polar surface area (TPSA) is 43.1 Å². The Balaban J connectivity index is 3.19. The van der Waals surface area contributed by atoms with Crippen molar-refractivity contribution < 1.29 is 18.0 Å². The number of hydrogen-bond acceptors (Lipinski definition) is 1. The average molecular weight is 229 g/mol. The van der Waals surface area contributed by atoms with Gasteiger partial charge >= 0.3 is 6.18 Å². The van der Waals surface area contributed by atoms with Crippen LogP contribution in [0.5, 0.6) is 0 Å². The number of alkyl halides is 3. The van der Waals surface area contributed by atoms with Gasteiger partial charge in [0, 0.05) is 6.08 Å². The minimum absolute atomic E-state index is 0.0764. The smallest absolute Gasteiger partial charge is 0.366 e. The van der Waals surface area contributed by atoms with Crippen LogP contribution in [0.25, 0.3) is 6.08 Å². The maximum atomic E-state index is 12.5. The molecule has 0 unspecified atom stereocenters. The lowest BCUT2D eigenvalue weighted by molar-refractivity contribution is -0.138. The molecular formula is C11H10F3NO. The summed E-state index contributed by atoms with van der Waals surface area (Å²) >= 11 is 0. The molecule has 0 fully saturated rings. The number of benzene rings is 1. The summed E-state index contributed by atoms with van der Waals surface area (Å²) in [7, 11) is 0. The van der Waals surface area contributed by atoms with Crippen molar-refractivity contribution in [3.05, 3.63) is 41.0 Å². The molecule has 0 aromatic heterocycles. The van der Waals surface area contributed by atoms with Gasteiger partial charge in [0.15, 0.2) is 0 Å². The summed E-state index contributed by atoms with van der Waals surface area (Å²) in [4.78, 5) is 10.5. The highest BCUT2D eigenvalue weighted by molar-refractivity contribution is 5.90. The van der Waals surface area contributed by atoms with Crippen LogP contribution < -0.4 is 5.73 Å². The molecule has 0 atom stereocenters. The summed E-state index contributed by atoms with van der Waals surface area (Å²) in [6.45, 7) is 1.35. The molecule has 0 saturated heterocycles. The Morgan fingerprint density at radius 3 is 2.50 bits per heavy atom. The standard InChI is InChI=1S/C11H10F3NO/c1-7-8(5-6-10(15)16)3-2-4-9(7)11(12,13)14/h2-6H,1H3,(H2,15,16). The van der Waals surface area contributed by atoms with Crippen LogP contribution in [0.4, 0.5) is 13.2 Å². The molecule has 1 aromatic rings. The van der Waals surface area contributed by atoms with Gasteiger partial charge in [-0.2, -0.15) is 13.2 Å². The fourth-order valence-corrected chi connectivity index (χ4v) is 1.31. The normalized spacial score (nSPS) is 12.0. The molecule has 2 nitrogen and oxygen atoms in total. The van der Waals surface area contributed by atoms with Gasteiger partial charge in [-0.3, -0.25) is 4.79 Å². The van der Waals surface area contributed by atoms with Crippen molar-refractivity contribution in [1.82, 2.24) is 0 Å². The molecule has 0 aliphatic heterocycles. The Kier molecular flexibility index (Phi) is 3.37. The van der Waals surface area contributed by atoms with Crippen molar-refractivity contribution in [3.63, 3.8) is 0 Å². The minimum atomic E-state index is -4.39. The van der Waals surface area contributed by atoms with E-state index in [2.05, 4.69) is 0 Å². The van der Waals surface area contributed by atoms with Crippen LogP contribution in [-0.2, 0) is 11.0 Å². The lowest BCUT2D eigenvalue weighted by Crippen LogP contribution is -2.08. The summed E-state index contributed by atoms with van der Waals surface area (Å²) < 4.78 is 37.5. The molecule has 0 bridgehead atoms. The third kappa shape index (κ3) is 2.85. The van der Waals surface area contributed by atoms with Gasteiger partial charge in [-0.15, -0.1) is 0 Å². The summed E-state index contributed by atoms with van der Waals surface area (Å²) in [5.74, 6) is -0.697. The Hall–Kier alpha value is -1.78. The van der Waals surface area contributed by atoms with Gasteiger partial charge in [-0.05, 0) is 30.2 Å². The zero-order chi connectivity index (χ0) is 12.3. The zero-order valence-corrected chi connectivity index (χ0v) is 8.51. The number of carbonyl (C=O) groups is 1. The molecular weight excluding hydrogens is 219 g/mol. The molecule has 0 radical (unpaired) electrons. The number of nitrogens with two attached hydrogens (primary N) is 1. The number of hydrogen-bond donors (Lipinski definition) is 1. The van der Waals surface area contributed by atoms with Crippen molar-refractivity contribution >= 4 is 12.0 Å². The van der Waals surface area contributed by atoms with Crippen LogP contribution in [0.15, 0.2) is 24.3 Å². The number of carbonyl (C=O) groups excluding carboxylic acids is 1. The van der Waals surface area contributed by atoms with E-state index in [4.69, 9.17) is 5.73 Å². The molecule has 1 aromatic carbocycles. The van der Waals surface area contributed by atoms with Gasteiger partial charge in [-0.25, -0.2) is 0 Å². The highest BCUT2D eigenvalue weighted by Crippen LogP contribution is 2.33. The van der Waals surface area contributed by atoms with Gasteiger partial charge in [-0.1, -0.05) is 12.1 Å². The van der Waals surface area contributed by atoms with E-state index in [1.807, 2.05) is 0 Å². The molecule has 5 heteroatoms. The summed E-state index contributed by atoms with van der Waals surface area (Å²) in [5, 5.41) is 0. The van der Waals surface area contributed by atoms with E-state index in [1.54, 1.807) is 0 Å². The first-order chi connectivity index (χ1) is 7.32. The summed E-state index contributed by atoms with van der Waals surface area (Å²) in [6.07, 6.45) is -2.09. The van der Waals surface area contributed by atoms with Crippen LogP contribution in [0.2, 0.25) is 0 Å². The largest absolute Gasteiger partial charge is 0.416 e. The Labute approximate surface area is 90.6 Å². The Bertz CT molecular complexity index is 435. The fourth-order valence-electron chi connectivity index (χ4n) is 1.31. The number of halogens is 3. The first-order valence-corrected chi connectivity index (χ1v) is 4.46. The van der Waals surface area contributed by atoms with E-state index in [0.717, 1.165) is 12.1 Å². The molecule has 16 heavy (non-hydrogen) atoms. The van der Waals surface area contributed by atoms with Crippen LogP contribution in [0, 0.1) is 6.92 Å². The Morgan fingerprint density at radius 1 is 1.38 bits per heavy atom. The number of rotatable bonds is 2. The molecule has 1 rings (SSSR count). The SMILES string of the molecule is Cc1c(C=CC(N)=O)cccc1C(F)(F)F. The number of primary amides is 1. The second kappa shape index (κ2) is 4.38. The third-order valence-corrected chi connectivity index (χ3v) is 2.11. The van der Waals surface area contributed by atoms with E-state index in [1.165, 1.54) is 25.1 Å². The van der Waals surface area contributed by atoms with Gasteiger partial charge in [0.1, 0.15) is 0 Å². The third-order valence-electron chi connectivity index (χ3n) is 2.11.